The van der Waals surface area contributed by atoms with Crippen LogP contribution in [0.25, 0.3) is 0 Å². The summed E-state index contributed by atoms with van der Waals surface area (Å²) in [5.41, 5.74) is 1.60. The highest BCUT2D eigenvalue weighted by molar-refractivity contribution is 6.36. The van der Waals surface area contributed by atoms with Crippen molar-refractivity contribution < 1.29 is 4.74 Å². The van der Waals surface area contributed by atoms with Gasteiger partial charge in [-0.05, 0) is 30.3 Å². The molecule has 0 aliphatic carbocycles. The van der Waals surface area contributed by atoms with E-state index in [0.29, 0.717) is 32.4 Å². The molecule has 2 nitrogen and oxygen atoms in total. The molecule has 1 unspecified atom stereocenters. The Hall–Kier alpha value is -0.800. The average Bonchev–Trinajstić information content (AvgIpc) is 2.41. The molecule has 0 fully saturated rings. The fourth-order valence-electron chi connectivity index (χ4n) is 2.13. The monoisotopic (exact) mass is 347 g/mol. The van der Waals surface area contributed by atoms with Crippen LogP contribution < -0.4 is 10.1 Å². The molecule has 3 rings (SSSR count). The van der Waals surface area contributed by atoms with Gasteiger partial charge < -0.3 is 10.1 Å². The number of hydrogen-bond donors (Lipinski definition) is 1. The quantitative estimate of drug-likeness (QED) is 0.698. The maximum atomic E-state index is 6.20. The van der Waals surface area contributed by atoms with Crippen LogP contribution in [0.1, 0.15) is 11.7 Å². The fourth-order valence-corrected chi connectivity index (χ4v) is 3.09. The van der Waals surface area contributed by atoms with Crippen molar-refractivity contribution >= 4 is 52.1 Å². The van der Waals surface area contributed by atoms with Crippen LogP contribution in [-0.4, -0.2) is 6.54 Å². The second-order valence-corrected chi connectivity index (χ2v) is 6.10. The molecule has 104 valence electrons. The summed E-state index contributed by atoms with van der Waals surface area (Å²) >= 11 is 24.3. The lowest BCUT2D eigenvalue weighted by molar-refractivity contribution is 0.211. The first-order valence-corrected chi connectivity index (χ1v) is 7.40. The number of ether oxygens (including phenoxy) is 1. The molecule has 0 amide bonds. The van der Waals surface area contributed by atoms with Crippen LogP contribution in [0, 0.1) is 0 Å². The van der Waals surface area contributed by atoms with Gasteiger partial charge in [0.2, 0.25) is 0 Å². The van der Waals surface area contributed by atoms with Gasteiger partial charge >= 0.3 is 0 Å². The van der Waals surface area contributed by atoms with Gasteiger partial charge in [-0.25, -0.2) is 0 Å². The van der Waals surface area contributed by atoms with Gasteiger partial charge in [0.1, 0.15) is 6.10 Å². The summed E-state index contributed by atoms with van der Waals surface area (Å²) in [6.45, 7) is 0.559. The van der Waals surface area contributed by atoms with Crippen molar-refractivity contribution in [2.75, 3.05) is 11.9 Å². The minimum Gasteiger partial charge on any atom is -0.480 e. The van der Waals surface area contributed by atoms with Crippen molar-refractivity contribution in [3.05, 3.63) is 56.0 Å². The van der Waals surface area contributed by atoms with Crippen molar-refractivity contribution in [3.63, 3.8) is 0 Å². The normalized spacial score (nSPS) is 17.1. The summed E-state index contributed by atoms with van der Waals surface area (Å²) in [7, 11) is 0. The Balaban J connectivity index is 1.98. The molecule has 0 spiro atoms. The molecule has 1 atom stereocenters. The molecule has 0 bridgehead atoms. The number of anilines is 1. The van der Waals surface area contributed by atoms with E-state index in [1.54, 1.807) is 30.3 Å². The fraction of sp³-hybridized carbons (Fsp3) is 0.143. The molecule has 0 radical (unpaired) electrons. The Morgan fingerprint density at radius 1 is 0.950 bits per heavy atom. The number of nitrogens with one attached hydrogen (secondary N) is 1. The Labute approximate surface area is 136 Å². The van der Waals surface area contributed by atoms with E-state index in [2.05, 4.69) is 5.32 Å². The number of rotatable bonds is 1. The maximum absolute atomic E-state index is 6.20. The number of benzene rings is 2. The Kier molecular flexibility index (Phi) is 3.91. The summed E-state index contributed by atoms with van der Waals surface area (Å²) in [6.07, 6.45) is -0.257. The topological polar surface area (TPSA) is 21.3 Å². The van der Waals surface area contributed by atoms with Crippen LogP contribution in [0.4, 0.5) is 5.69 Å². The van der Waals surface area contributed by atoms with Crippen LogP contribution in [0.2, 0.25) is 20.1 Å². The Bertz CT molecular complexity index is 674. The third-order valence-corrected chi connectivity index (χ3v) is 4.13. The zero-order valence-electron chi connectivity index (χ0n) is 10.1. The average molecular weight is 349 g/mol. The van der Waals surface area contributed by atoms with E-state index in [9.17, 15) is 0 Å². The highest BCUT2D eigenvalue weighted by Crippen LogP contribution is 2.42. The zero-order chi connectivity index (χ0) is 14.3. The van der Waals surface area contributed by atoms with Crippen LogP contribution >= 0.6 is 46.4 Å². The largest absolute Gasteiger partial charge is 0.480 e. The third kappa shape index (κ3) is 2.66. The zero-order valence-corrected chi connectivity index (χ0v) is 13.1. The number of fused-ring (bicyclic) bond motifs is 1. The Morgan fingerprint density at radius 3 is 2.55 bits per heavy atom. The molecule has 0 saturated heterocycles. The van der Waals surface area contributed by atoms with Gasteiger partial charge in [0, 0.05) is 20.6 Å². The van der Waals surface area contributed by atoms with Crippen LogP contribution in [0.5, 0.6) is 5.75 Å². The molecule has 2 aromatic rings. The van der Waals surface area contributed by atoms with Crippen molar-refractivity contribution in [1.29, 1.82) is 0 Å². The van der Waals surface area contributed by atoms with Gasteiger partial charge in [-0.15, -0.1) is 0 Å². The highest BCUT2D eigenvalue weighted by atomic mass is 35.5. The second-order valence-electron chi connectivity index (χ2n) is 4.42. The van der Waals surface area contributed by atoms with E-state index in [0.717, 1.165) is 11.3 Å². The predicted molar refractivity (Wildman–Crippen MR) is 84.8 cm³/mol. The lowest BCUT2D eigenvalue weighted by Crippen LogP contribution is -2.24. The maximum Gasteiger partial charge on any atom is 0.162 e. The summed E-state index contributed by atoms with van der Waals surface area (Å²) < 4.78 is 5.94. The first-order valence-electron chi connectivity index (χ1n) is 5.89. The summed E-state index contributed by atoms with van der Waals surface area (Å²) in [5.74, 6) is 0.573. The van der Waals surface area contributed by atoms with Crippen LogP contribution in [-0.2, 0) is 0 Å². The molecule has 2 aromatic carbocycles. The van der Waals surface area contributed by atoms with Gasteiger partial charge in [-0.2, -0.15) is 0 Å². The van der Waals surface area contributed by atoms with Crippen molar-refractivity contribution in [2.45, 2.75) is 6.10 Å². The molecule has 6 heteroatoms. The molecule has 1 aliphatic heterocycles. The SMILES string of the molecule is Clc1cc(Cl)c2c(c1)NCC(c1cc(Cl)ccc1Cl)O2. The van der Waals surface area contributed by atoms with Crippen molar-refractivity contribution in [3.8, 4) is 5.75 Å². The van der Waals surface area contributed by atoms with Crippen molar-refractivity contribution in [1.82, 2.24) is 0 Å². The number of halogens is 4. The molecule has 0 aromatic heterocycles. The Morgan fingerprint density at radius 2 is 1.75 bits per heavy atom. The molecule has 1 aliphatic rings. The highest BCUT2D eigenvalue weighted by Gasteiger charge is 2.25. The predicted octanol–water partition coefficient (Wildman–Crippen LogP) is 5.85. The molecule has 1 heterocycles. The lowest BCUT2D eigenvalue weighted by Gasteiger charge is -2.29. The molecule has 0 saturated carbocycles. The summed E-state index contributed by atoms with van der Waals surface area (Å²) in [4.78, 5) is 0. The minimum atomic E-state index is -0.257. The first kappa shape index (κ1) is 14.2. The molecule has 20 heavy (non-hydrogen) atoms. The third-order valence-electron chi connectivity index (χ3n) is 3.05. The van der Waals surface area contributed by atoms with Crippen LogP contribution in [0.3, 0.4) is 0 Å². The van der Waals surface area contributed by atoms with Gasteiger partial charge in [-0.3, -0.25) is 0 Å². The van der Waals surface area contributed by atoms with Gasteiger partial charge in [-0.1, -0.05) is 46.4 Å². The molecular formula is C14H9Cl4NO. The van der Waals surface area contributed by atoms with Gasteiger partial charge in [0.25, 0.3) is 0 Å². The lowest BCUT2D eigenvalue weighted by atomic mass is 10.1. The molecule has 1 N–H and O–H groups in total. The van der Waals surface area contributed by atoms with E-state index in [1.165, 1.54) is 0 Å². The number of hydrogen-bond acceptors (Lipinski definition) is 2. The molecular weight excluding hydrogens is 340 g/mol. The second kappa shape index (κ2) is 5.53. The smallest absolute Gasteiger partial charge is 0.162 e. The van der Waals surface area contributed by atoms with E-state index in [-0.39, 0.29) is 6.10 Å². The minimum absolute atomic E-state index is 0.257. The standard InChI is InChI=1S/C14H9Cl4NO/c15-7-1-2-10(17)9(3-7)13-6-19-12-5-8(16)4-11(18)14(12)20-13/h1-5,13,19H,6H2. The summed E-state index contributed by atoms with van der Waals surface area (Å²) in [5, 5.41) is 5.48. The van der Waals surface area contributed by atoms with E-state index >= 15 is 0 Å². The van der Waals surface area contributed by atoms with E-state index in [4.69, 9.17) is 51.1 Å². The van der Waals surface area contributed by atoms with Crippen LogP contribution in [0.15, 0.2) is 30.3 Å². The first-order chi connectivity index (χ1) is 9.54. The van der Waals surface area contributed by atoms with E-state index < -0.39 is 0 Å². The summed E-state index contributed by atoms with van der Waals surface area (Å²) in [6, 6.07) is 8.71. The van der Waals surface area contributed by atoms with Gasteiger partial charge in [0.05, 0.1) is 17.3 Å². The van der Waals surface area contributed by atoms with E-state index in [1.807, 2.05) is 0 Å². The van der Waals surface area contributed by atoms with Crippen molar-refractivity contribution in [2.24, 2.45) is 0 Å². The van der Waals surface area contributed by atoms with Gasteiger partial charge in [0.15, 0.2) is 5.75 Å².